The Hall–Kier alpha value is -2.22. The molecule has 0 radical (unpaired) electrons. The van der Waals surface area contributed by atoms with E-state index in [9.17, 15) is 0 Å². The van der Waals surface area contributed by atoms with Crippen LogP contribution in [0.1, 0.15) is 11.1 Å². The third-order valence-electron chi connectivity index (χ3n) is 3.39. The van der Waals surface area contributed by atoms with Gasteiger partial charge in [0.15, 0.2) is 0 Å². The van der Waals surface area contributed by atoms with Crippen LogP contribution < -0.4 is 4.74 Å². The molecule has 0 aliphatic carbocycles. The molecule has 1 heterocycles. The molecule has 96 valence electrons. The van der Waals surface area contributed by atoms with Gasteiger partial charge in [0, 0.05) is 11.5 Å². The van der Waals surface area contributed by atoms with Crippen LogP contribution in [-0.2, 0) is 12.8 Å². The molecule has 0 amide bonds. The van der Waals surface area contributed by atoms with Crippen molar-refractivity contribution in [3.8, 4) is 5.75 Å². The first-order valence-electron chi connectivity index (χ1n) is 6.45. The van der Waals surface area contributed by atoms with Crippen LogP contribution in [0.5, 0.6) is 5.75 Å². The van der Waals surface area contributed by atoms with E-state index in [2.05, 4.69) is 30.3 Å². The third kappa shape index (κ3) is 2.48. The number of furan rings is 1. The highest BCUT2D eigenvalue weighted by Gasteiger charge is 2.07. The number of aryl methyl sites for hydroxylation is 2. The second kappa shape index (κ2) is 5.19. The fourth-order valence-electron chi connectivity index (χ4n) is 2.37. The van der Waals surface area contributed by atoms with E-state index in [0.29, 0.717) is 0 Å². The van der Waals surface area contributed by atoms with Crippen molar-refractivity contribution in [3.05, 3.63) is 65.9 Å². The van der Waals surface area contributed by atoms with Gasteiger partial charge in [0.25, 0.3) is 0 Å². The number of fused-ring (bicyclic) bond motifs is 1. The fraction of sp³-hybridized carbons (Fsp3) is 0.176. The molecule has 0 saturated carbocycles. The molecule has 2 nitrogen and oxygen atoms in total. The normalized spacial score (nSPS) is 10.8. The average Bonchev–Trinajstić information content (AvgIpc) is 2.94. The third-order valence-corrected chi connectivity index (χ3v) is 3.39. The number of rotatable bonds is 4. The van der Waals surface area contributed by atoms with E-state index >= 15 is 0 Å². The summed E-state index contributed by atoms with van der Waals surface area (Å²) in [5.41, 5.74) is 3.51. The standard InChI is InChI=1S/C17H16O2/c1-18-15-11-14(16-9-10-19-17(16)12-15)8-7-13-5-3-2-4-6-13/h2-6,9-12H,7-8H2,1H3. The largest absolute Gasteiger partial charge is 0.497 e. The zero-order valence-electron chi connectivity index (χ0n) is 10.9. The number of hydrogen-bond donors (Lipinski definition) is 0. The van der Waals surface area contributed by atoms with Crippen LogP contribution in [0.25, 0.3) is 11.0 Å². The maximum atomic E-state index is 5.47. The van der Waals surface area contributed by atoms with Gasteiger partial charge in [-0.2, -0.15) is 0 Å². The summed E-state index contributed by atoms with van der Waals surface area (Å²) in [5, 5.41) is 1.18. The molecule has 2 aromatic carbocycles. The van der Waals surface area contributed by atoms with Crippen molar-refractivity contribution >= 4 is 11.0 Å². The van der Waals surface area contributed by atoms with Crippen molar-refractivity contribution in [1.82, 2.24) is 0 Å². The Morgan fingerprint density at radius 2 is 1.84 bits per heavy atom. The quantitative estimate of drug-likeness (QED) is 0.693. The van der Waals surface area contributed by atoms with E-state index < -0.39 is 0 Å². The molecule has 3 rings (SSSR count). The Balaban J connectivity index is 1.89. The lowest BCUT2D eigenvalue weighted by Gasteiger charge is -2.06. The van der Waals surface area contributed by atoms with E-state index in [1.807, 2.05) is 18.2 Å². The highest BCUT2D eigenvalue weighted by molar-refractivity contribution is 5.82. The van der Waals surface area contributed by atoms with Gasteiger partial charge in [-0.1, -0.05) is 30.3 Å². The summed E-state index contributed by atoms with van der Waals surface area (Å²) in [6.45, 7) is 0. The average molecular weight is 252 g/mol. The second-order valence-corrected chi connectivity index (χ2v) is 4.60. The summed E-state index contributed by atoms with van der Waals surface area (Å²) in [6.07, 6.45) is 3.74. The van der Waals surface area contributed by atoms with Gasteiger partial charge in [-0.15, -0.1) is 0 Å². The zero-order valence-corrected chi connectivity index (χ0v) is 10.9. The van der Waals surface area contributed by atoms with E-state index in [-0.39, 0.29) is 0 Å². The van der Waals surface area contributed by atoms with Crippen LogP contribution in [0.15, 0.2) is 59.2 Å². The highest BCUT2D eigenvalue weighted by Crippen LogP contribution is 2.27. The Labute approximate surface area is 112 Å². The van der Waals surface area contributed by atoms with Crippen LogP contribution in [0.4, 0.5) is 0 Å². The molecule has 3 aromatic rings. The predicted molar refractivity (Wildman–Crippen MR) is 76.6 cm³/mol. The van der Waals surface area contributed by atoms with Gasteiger partial charge in [-0.05, 0) is 36.1 Å². The van der Waals surface area contributed by atoms with Gasteiger partial charge >= 0.3 is 0 Å². The van der Waals surface area contributed by atoms with Gasteiger partial charge in [-0.25, -0.2) is 0 Å². The minimum Gasteiger partial charge on any atom is -0.497 e. The minimum atomic E-state index is 0.852. The number of methoxy groups -OCH3 is 1. The van der Waals surface area contributed by atoms with Gasteiger partial charge < -0.3 is 9.15 Å². The molecule has 0 unspecified atom stereocenters. The molecular weight excluding hydrogens is 236 g/mol. The first-order valence-corrected chi connectivity index (χ1v) is 6.45. The first kappa shape index (κ1) is 11.8. The molecule has 1 aromatic heterocycles. The zero-order chi connectivity index (χ0) is 13.1. The summed E-state index contributed by atoms with van der Waals surface area (Å²) in [4.78, 5) is 0. The maximum Gasteiger partial charge on any atom is 0.137 e. The van der Waals surface area contributed by atoms with Gasteiger partial charge in [-0.3, -0.25) is 0 Å². The number of hydrogen-bond acceptors (Lipinski definition) is 2. The summed E-state index contributed by atoms with van der Waals surface area (Å²) in [5.74, 6) is 0.852. The maximum absolute atomic E-state index is 5.47. The Kier molecular flexibility index (Phi) is 3.23. The molecular formula is C17H16O2. The van der Waals surface area contributed by atoms with Crippen molar-refractivity contribution in [3.63, 3.8) is 0 Å². The second-order valence-electron chi connectivity index (χ2n) is 4.60. The summed E-state index contributed by atoms with van der Waals surface area (Å²) < 4.78 is 10.8. The van der Waals surface area contributed by atoms with Crippen LogP contribution in [0.3, 0.4) is 0 Å². The lowest BCUT2D eigenvalue weighted by atomic mass is 10.0. The fourth-order valence-corrected chi connectivity index (χ4v) is 2.37. The number of benzene rings is 2. The summed E-state index contributed by atoms with van der Waals surface area (Å²) >= 11 is 0. The number of ether oxygens (including phenoxy) is 1. The first-order chi connectivity index (χ1) is 9.36. The topological polar surface area (TPSA) is 22.4 Å². The molecule has 19 heavy (non-hydrogen) atoms. The molecule has 0 atom stereocenters. The lowest BCUT2D eigenvalue weighted by molar-refractivity contribution is 0.414. The molecule has 0 spiro atoms. The SMILES string of the molecule is COc1cc(CCc2ccccc2)c2ccoc2c1. The lowest BCUT2D eigenvalue weighted by Crippen LogP contribution is -1.93. The van der Waals surface area contributed by atoms with Crippen molar-refractivity contribution in [2.45, 2.75) is 12.8 Å². The highest BCUT2D eigenvalue weighted by atomic mass is 16.5. The van der Waals surface area contributed by atoms with E-state index in [0.717, 1.165) is 24.2 Å². The molecule has 0 N–H and O–H groups in total. The van der Waals surface area contributed by atoms with Crippen molar-refractivity contribution in [1.29, 1.82) is 0 Å². The van der Waals surface area contributed by atoms with Crippen LogP contribution >= 0.6 is 0 Å². The summed E-state index contributed by atoms with van der Waals surface area (Å²) in [7, 11) is 1.69. The van der Waals surface area contributed by atoms with E-state index in [1.165, 1.54) is 16.5 Å². The van der Waals surface area contributed by atoms with Crippen molar-refractivity contribution in [2.75, 3.05) is 7.11 Å². The molecule has 0 aliphatic heterocycles. The van der Waals surface area contributed by atoms with Crippen LogP contribution in [0.2, 0.25) is 0 Å². The predicted octanol–water partition coefficient (Wildman–Crippen LogP) is 4.23. The van der Waals surface area contributed by atoms with Crippen molar-refractivity contribution in [2.24, 2.45) is 0 Å². The van der Waals surface area contributed by atoms with Crippen LogP contribution in [0, 0.1) is 0 Å². The Morgan fingerprint density at radius 1 is 1.00 bits per heavy atom. The van der Waals surface area contributed by atoms with Crippen molar-refractivity contribution < 1.29 is 9.15 Å². The smallest absolute Gasteiger partial charge is 0.137 e. The molecule has 0 saturated heterocycles. The van der Waals surface area contributed by atoms with Crippen LogP contribution in [-0.4, -0.2) is 7.11 Å². The molecule has 0 fully saturated rings. The molecule has 0 bridgehead atoms. The molecule has 2 heteroatoms. The summed E-state index contributed by atoms with van der Waals surface area (Å²) in [6, 6.07) is 16.6. The Bertz CT molecular complexity index is 668. The molecule has 0 aliphatic rings. The van der Waals surface area contributed by atoms with Gasteiger partial charge in [0.2, 0.25) is 0 Å². The van der Waals surface area contributed by atoms with Gasteiger partial charge in [0.05, 0.1) is 13.4 Å². The van der Waals surface area contributed by atoms with E-state index in [1.54, 1.807) is 13.4 Å². The minimum absolute atomic E-state index is 0.852. The Morgan fingerprint density at radius 3 is 2.63 bits per heavy atom. The monoisotopic (exact) mass is 252 g/mol. The van der Waals surface area contributed by atoms with Gasteiger partial charge in [0.1, 0.15) is 11.3 Å². The van der Waals surface area contributed by atoms with E-state index in [4.69, 9.17) is 9.15 Å².